The maximum atomic E-state index is 15.4. The molecule has 0 bridgehead atoms. The Hall–Kier alpha value is -4.18. The summed E-state index contributed by atoms with van der Waals surface area (Å²) in [5.74, 6) is 1.17. The molecule has 2 fully saturated rings. The highest BCUT2D eigenvalue weighted by Gasteiger charge is 2.71. The van der Waals surface area contributed by atoms with E-state index in [1.165, 1.54) is 13.2 Å². The molecule has 10 heteroatoms. The Balaban J connectivity index is 1.21. The number of rotatable bonds is 8. The van der Waals surface area contributed by atoms with E-state index < -0.39 is 11.0 Å². The maximum Gasteiger partial charge on any atom is 0.410 e. The largest absolute Gasteiger partial charge is 0.488 e. The normalized spacial score (nSPS) is 21.9. The van der Waals surface area contributed by atoms with Gasteiger partial charge in [0.2, 0.25) is 0 Å². The smallest absolute Gasteiger partial charge is 0.410 e. The van der Waals surface area contributed by atoms with Gasteiger partial charge in [-0.05, 0) is 99.4 Å². The van der Waals surface area contributed by atoms with Gasteiger partial charge in [-0.3, -0.25) is 4.79 Å². The van der Waals surface area contributed by atoms with Crippen LogP contribution in [0.25, 0.3) is 11.3 Å². The number of fused-ring (bicyclic) bond motifs is 2. The molecule has 0 spiro atoms. The molecule has 0 radical (unpaired) electrons. The van der Waals surface area contributed by atoms with Crippen molar-refractivity contribution in [1.29, 1.82) is 0 Å². The Morgan fingerprint density at radius 3 is 2.57 bits per heavy atom. The van der Waals surface area contributed by atoms with Crippen LogP contribution in [0.3, 0.4) is 0 Å². The van der Waals surface area contributed by atoms with Gasteiger partial charge in [-0.25, -0.2) is 14.2 Å². The van der Waals surface area contributed by atoms with Crippen molar-refractivity contribution in [2.75, 3.05) is 45.4 Å². The molecule has 1 saturated carbocycles. The minimum atomic E-state index is -0.592. The Morgan fingerprint density at radius 2 is 1.83 bits per heavy atom. The van der Waals surface area contributed by atoms with E-state index in [4.69, 9.17) is 23.9 Å². The van der Waals surface area contributed by atoms with Crippen LogP contribution >= 0.6 is 0 Å². The van der Waals surface area contributed by atoms with Gasteiger partial charge >= 0.3 is 12.1 Å². The number of nitrogens with zero attached hydrogens (tertiary/aromatic N) is 3. The number of hydrogen-bond donors (Lipinski definition) is 0. The number of halogens is 1. The van der Waals surface area contributed by atoms with Crippen molar-refractivity contribution in [1.82, 2.24) is 9.88 Å². The molecule has 1 unspecified atom stereocenters. The zero-order valence-corrected chi connectivity index (χ0v) is 28.1. The summed E-state index contributed by atoms with van der Waals surface area (Å²) in [5.41, 5.74) is 3.58. The van der Waals surface area contributed by atoms with Gasteiger partial charge in [0, 0.05) is 32.3 Å². The van der Waals surface area contributed by atoms with Crippen molar-refractivity contribution >= 4 is 17.9 Å². The van der Waals surface area contributed by atoms with Gasteiger partial charge in [0.1, 0.15) is 29.6 Å². The lowest BCUT2D eigenvalue weighted by Gasteiger charge is -2.31. The molecule has 1 aliphatic carbocycles. The van der Waals surface area contributed by atoms with Crippen molar-refractivity contribution in [2.24, 2.45) is 11.3 Å². The Bertz CT molecular complexity index is 1670. The first-order valence-electron chi connectivity index (χ1n) is 16.3. The van der Waals surface area contributed by atoms with Crippen LogP contribution in [0.1, 0.15) is 49.4 Å². The van der Waals surface area contributed by atoms with Gasteiger partial charge in [-0.2, -0.15) is 0 Å². The van der Waals surface area contributed by atoms with E-state index in [0.29, 0.717) is 50.4 Å². The maximum absolute atomic E-state index is 15.4. The number of piperidine rings is 1. The van der Waals surface area contributed by atoms with Crippen molar-refractivity contribution < 1.29 is 32.9 Å². The molecular formula is C37H44FN3O6. The lowest BCUT2D eigenvalue weighted by molar-refractivity contribution is -0.148. The van der Waals surface area contributed by atoms with Gasteiger partial charge in [0.05, 0.1) is 30.9 Å². The fraction of sp³-hybridized carbons (Fsp3) is 0.486. The van der Waals surface area contributed by atoms with E-state index in [1.807, 2.05) is 70.2 Å². The number of ether oxygens (including phenoxy) is 4. The average Bonchev–Trinajstić information content (AvgIpc) is 3.73. The number of carbonyl (C=O) groups excluding carboxylic acids is 2. The lowest BCUT2D eigenvalue weighted by Crippen LogP contribution is -2.44. The molecule has 47 heavy (non-hydrogen) atoms. The summed E-state index contributed by atoms with van der Waals surface area (Å²) in [6.07, 6.45) is 1.38. The van der Waals surface area contributed by atoms with Crippen LogP contribution in [0.15, 0.2) is 48.5 Å². The number of methoxy groups -OCH3 is 2. The summed E-state index contributed by atoms with van der Waals surface area (Å²) in [4.78, 5) is 34.4. The zero-order chi connectivity index (χ0) is 33.5. The van der Waals surface area contributed by atoms with Gasteiger partial charge in [0.15, 0.2) is 0 Å². The number of benzene rings is 2. The van der Waals surface area contributed by atoms with Crippen LogP contribution in [-0.4, -0.2) is 74.1 Å². The highest BCUT2D eigenvalue weighted by molar-refractivity contribution is 5.84. The van der Waals surface area contributed by atoms with Crippen LogP contribution in [0, 0.1) is 24.1 Å². The molecule has 1 saturated heterocycles. The highest BCUT2D eigenvalue weighted by Crippen LogP contribution is 2.62. The minimum Gasteiger partial charge on any atom is -0.488 e. The van der Waals surface area contributed by atoms with Gasteiger partial charge in [-0.15, -0.1) is 0 Å². The number of pyridine rings is 1. The fourth-order valence-electron chi connectivity index (χ4n) is 7.25. The molecule has 1 aromatic heterocycles. The Kier molecular flexibility index (Phi) is 8.91. The summed E-state index contributed by atoms with van der Waals surface area (Å²) in [7, 11) is 3.09. The Labute approximate surface area is 276 Å². The van der Waals surface area contributed by atoms with E-state index in [0.717, 1.165) is 40.2 Å². The predicted molar refractivity (Wildman–Crippen MR) is 176 cm³/mol. The SMILES string of the molecule is COC[C@H]1N(c2cccc(-c3cccc(C)c3OCc3cc(F)c4c(c3)CCN(C(=O)OC(C)(C)C)CC4)n2)CC2C[C@@]21C(=O)OC. The standard InChI is InChI=1S/C37H44FN3O6/c1-23-9-7-10-28(30-11-8-12-32(39-30)41-20-26-19-37(26,34(42)45-6)31(41)22-44-5)33(23)46-21-24-17-25-13-15-40(35(43)47-36(2,3)4)16-14-27(25)29(38)18-24/h7-12,17-18,26,31H,13-16,19-22H2,1-6H3/t26?,31-,37-/m1/s1. The number of esters is 1. The number of para-hydroxylation sites is 1. The summed E-state index contributed by atoms with van der Waals surface area (Å²) < 4.78 is 38.2. The monoisotopic (exact) mass is 645 g/mol. The molecule has 0 N–H and O–H groups in total. The molecule has 3 heterocycles. The van der Waals surface area contributed by atoms with E-state index >= 15 is 4.39 Å². The molecule has 3 atom stereocenters. The molecule has 2 aliphatic heterocycles. The predicted octanol–water partition coefficient (Wildman–Crippen LogP) is 6.13. The molecular weight excluding hydrogens is 601 g/mol. The van der Waals surface area contributed by atoms with Crippen molar-refractivity contribution in [3.05, 3.63) is 76.6 Å². The Morgan fingerprint density at radius 1 is 1.06 bits per heavy atom. The van der Waals surface area contributed by atoms with E-state index in [9.17, 15) is 9.59 Å². The van der Waals surface area contributed by atoms with E-state index in [-0.39, 0.29) is 36.4 Å². The third-order valence-electron chi connectivity index (χ3n) is 9.61. The number of carbonyl (C=O) groups is 2. The molecule has 250 valence electrons. The van der Waals surface area contributed by atoms with E-state index in [2.05, 4.69) is 4.90 Å². The number of anilines is 1. The van der Waals surface area contributed by atoms with Crippen LogP contribution in [0.4, 0.5) is 15.0 Å². The number of aryl methyl sites for hydroxylation is 1. The van der Waals surface area contributed by atoms with Gasteiger partial charge in [-0.1, -0.05) is 24.3 Å². The first kappa shape index (κ1) is 32.7. The zero-order valence-electron chi connectivity index (χ0n) is 28.1. The minimum absolute atomic E-state index is 0.166. The quantitative estimate of drug-likeness (QED) is 0.271. The van der Waals surface area contributed by atoms with Crippen LogP contribution < -0.4 is 9.64 Å². The third-order valence-corrected chi connectivity index (χ3v) is 9.61. The second-order valence-electron chi connectivity index (χ2n) is 13.9. The molecule has 3 aliphatic rings. The molecule has 9 nitrogen and oxygen atoms in total. The van der Waals surface area contributed by atoms with Crippen molar-refractivity contribution in [3.63, 3.8) is 0 Å². The fourth-order valence-corrected chi connectivity index (χ4v) is 7.25. The first-order valence-corrected chi connectivity index (χ1v) is 16.3. The van der Waals surface area contributed by atoms with Crippen LogP contribution in [0.2, 0.25) is 0 Å². The van der Waals surface area contributed by atoms with Crippen molar-refractivity contribution in [3.8, 4) is 17.0 Å². The summed E-state index contributed by atoms with van der Waals surface area (Å²) >= 11 is 0. The molecule has 6 rings (SSSR count). The first-order chi connectivity index (χ1) is 22.4. The average molecular weight is 646 g/mol. The second kappa shape index (κ2) is 12.8. The van der Waals surface area contributed by atoms with Gasteiger partial charge < -0.3 is 28.7 Å². The lowest BCUT2D eigenvalue weighted by atomic mass is 9.96. The molecule has 2 aromatic carbocycles. The summed E-state index contributed by atoms with van der Waals surface area (Å²) in [6, 6.07) is 15.1. The summed E-state index contributed by atoms with van der Waals surface area (Å²) in [6.45, 7) is 9.63. The number of amides is 1. The molecule has 1 amide bonds. The molecule has 3 aromatic rings. The third kappa shape index (κ3) is 6.40. The van der Waals surface area contributed by atoms with Crippen molar-refractivity contribution in [2.45, 2.75) is 65.2 Å². The second-order valence-corrected chi connectivity index (χ2v) is 13.9. The van der Waals surface area contributed by atoms with Gasteiger partial charge in [0.25, 0.3) is 0 Å². The number of hydrogen-bond acceptors (Lipinski definition) is 8. The highest BCUT2D eigenvalue weighted by atomic mass is 19.1. The number of aromatic nitrogens is 1. The summed E-state index contributed by atoms with van der Waals surface area (Å²) in [5, 5.41) is 0. The van der Waals surface area contributed by atoms with Crippen LogP contribution in [0.5, 0.6) is 5.75 Å². The van der Waals surface area contributed by atoms with E-state index in [1.54, 1.807) is 12.0 Å². The topological polar surface area (TPSA) is 90.4 Å². The van der Waals surface area contributed by atoms with Crippen LogP contribution in [-0.2, 0) is 38.5 Å².